The number of hydrogen-bond acceptors (Lipinski definition) is 2. The molecule has 104 valence electrons. The molecule has 0 aliphatic heterocycles. The first kappa shape index (κ1) is 13.5. The largest absolute Gasteiger partial charge is 0.497 e. The molecule has 0 amide bonds. The summed E-state index contributed by atoms with van der Waals surface area (Å²) in [7, 11) is 1.64. The van der Waals surface area contributed by atoms with Gasteiger partial charge in [-0.1, -0.05) is 35.9 Å². The Morgan fingerprint density at radius 2 is 2.05 bits per heavy atom. The van der Waals surface area contributed by atoms with Gasteiger partial charge in [0.2, 0.25) is 0 Å². The first-order chi connectivity index (χ1) is 9.62. The summed E-state index contributed by atoms with van der Waals surface area (Å²) in [6.45, 7) is 0. The van der Waals surface area contributed by atoms with Gasteiger partial charge in [0.1, 0.15) is 5.75 Å². The van der Waals surface area contributed by atoms with E-state index in [1.165, 1.54) is 5.56 Å². The quantitative estimate of drug-likeness (QED) is 0.933. The summed E-state index contributed by atoms with van der Waals surface area (Å²) < 4.78 is 5.27. The van der Waals surface area contributed by atoms with Gasteiger partial charge >= 0.3 is 0 Å². The molecule has 0 saturated carbocycles. The van der Waals surface area contributed by atoms with E-state index in [0.717, 1.165) is 29.7 Å². The average Bonchev–Trinajstić information content (AvgIpc) is 2.78. The van der Waals surface area contributed by atoms with Crippen LogP contribution in [0.4, 0.5) is 0 Å². The molecule has 0 saturated heterocycles. The Balaban J connectivity index is 1.98. The zero-order valence-corrected chi connectivity index (χ0v) is 12.2. The van der Waals surface area contributed by atoms with Crippen molar-refractivity contribution >= 4 is 11.6 Å². The highest BCUT2D eigenvalue weighted by atomic mass is 35.5. The van der Waals surface area contributed by atoms with E-state index in [1.807, 2.05) is 42.5 Å². The Hall–Kier alpha value is -1.51. The standard InChI is InChI=1S/C17H17ClO2/c1-20-14-7-6-12-8-9-17(19,15(12)10-14)11-13-4-2-3-5-16(13)18/h2-7,10,19H,8-9,11H2,1H3. The molecule has 3 heteroatoms. The van der Waals surface area contributed by atoms with Crippen molar-refractivity contribution in [1.82, 2.24) is 0 Å². The minimum Gasteiger partial charge on any atom is -0.497 e. The van der Waals surface area contributed by atoms with Gasteiger partial charge in [0, 0.05) is 11.4 Å². The maximum absolute atomic E-state index is 11.0. The lowest BCUT2D eigenvalue weighted by molar-refractivity contribution is 0.0388. The second-order valence-electron chi connectivity index (χ2n) is 5.32. The number of rotatable bonds is 3. The Morgan fingerprint density at radius 3 is 2.80 bits per heavy atom. The molecule has 1 atom stereocenters. The maximum Gasteiger partial charge on any atom is 0.119 e. The van der Waals surface area contributed by atoms with Crippen LogP contribution in [0.25, 0.3) is 0 Å². The molecule has 1 N–H and O–H groups in total. The Labute approximate surface area is 124 Å². The van der Waals surface area contributed by atoms with Crippen molar-refractivity contribution in [3.63, 3.8) is 0 Å². The summed E-state index contributed by atoms with van der Waals surface area (Å²) in [6, 6.07) is 13.6. The van der Waals surface area contributed by atoms with E-state index in [4.69, 9.17) is 16.3 Å². The molecule has 20 heavy (non-hydrogen) atoms. The minimum absolute atomic E-state index is 0.535. The van der Waals surface area contributed by atoms with Gasteiger partial charge in [-0.2, -0.15) is 0 Å². The molecule has 1 aliphatic rings. The van der Waals surface area contributed by atoms with Crippen LogP contribution in [-0.2, 0) is 18.4 Å². The second-order valence-corrected chi connectivity index (χ2v) is 5.73. The van der Waals surface area contributed by atoms with Crippen LogP contribution in [0.2, 0.25) is 5.02 Å². The van der Waals surface area contributed by atoms with Gasteiger partial charge in [-0.25, -0.2) is 0 Å². The van der Waals surface area contributed by atoms with E-state index in [-0.39, 0.29) is 0 Å². The number of halogens is 1. The molecule has 2 nitrogen and oxygen atoms in total. The molecule has 0 heterocycles. The van der Waals surface area contributed by atoms with Crippen LogP contribution in [-0.4, -0.2) is 12.2 Å². The van der Waals surface area contributed by atoms with Crippen LogP contribution in [0.1, 0.15) is 23.1 Å². The fourth-order valence-electron chi connectivity index (χ4n) is 2.95. The van der Waals surface area contributed by atoms with E-state index < -0.39 is 5.60 Å². The van der Waals surface area contributed by atoms with Gasteiger partial charge < -0.3 is 9.84 Å². The van der Waals surface area contributed by atoms with Crippen molar-refractivity contribution in [2.45, 2.75) is 24.9 Å². The molecule has 0 spiro atoms. The topological polar surface area (TPSA) is 29.5 Å². The number of hydrogen-bond donors (Lipinski definition) is 1. The van der Waals surface area contributed by atoms with Gasteiger partial charge in [0.25, 0.3) is 0 Å². The van der Waals surface area contributed by atoms with Crippen LogP contribution in [0.5, 0.6) is 5.75 Å². The first-order valence-electron chi connectivity index (χ1n) is 6.75. The molecule has 0 bridgehead atoms. The molecule has 0 aromatic heterocycles. The van der Waals surface area contributed by atoms with Crippen LogP contribution >= 0.6 is 11.6 Å². The van der Waals surface area contributed by atoms with Gasteiger partial charge in [-0.05, 0) is 47.7 Å². The first-order valence-corrected chi connectivity index (χ1v) is 7.13. The fraction of sp³-hybridized carbons (Fsp3) is 0.294. The Morgan fingerprint density at radius 1 is 1.25 bits per heavy atom. The third kappa shape index (κ3) is 2.30. The third-order valence-corrected chi connectivity index (χ3v) is 4.44. The number of methoxy groups -OCH3 is 1. The van der Waals surface area contributed by atoms with E-state index in [1.54, 1.807) is 7.11 Å². The lowest BCUT2D eigenvalue weighted by atomic mass is 9.88. The Kier molecular flexibility index (Phi) is 3.45. The van der Waals surface area contributed by atoms with Crippen molar-refractivity contribution < 1.29 is 9.84 Å². The molecule has 2 aromatic carbocycles. The molecule has 2 aromatic rings. The summed E-state index contributed by atoms with van der Waals surface area (Å²) in [5.74, 6) is 0.781. The van der Waals surface area contributed by atoms with Gasteiger partial charge in [0.05, 0.1) is 12.7 Å². The smallest absolute Gasteiger partial charge is 0.119 e. The molecule has 1 unspecified atom stereocenters. The normalized spacial score (nSPS) is 20.8. The number of fused-ring (bicyclic) bond motifs is 1. The van der Waals surface area contributed by atoms with Crippen molar-refractivity contribution in [1.29, 1.82) is 0 Å². The number of benzene rings is 2. The molecular formula is C17H17ClO2. The number of aliphatic hydroxyl groups is 1. The lowest BCUT2D eigenvalue weighted by Gasteiger charge is -2.25. The average molecular weight is 289 g/mol. The maximum atomic E-state index is 11.0. The van der Waals surface area contributed by atoms with E-state index in [2.05, 4.69) is 0 Å². The molecule has 0 radical (unpaired) electrons. The molecular weight excluding hydrogens is 272 g/mol. The summed E-state index contributed by atoms with van der Waals surface area (Å²) in [5, 5.41) is 11.7. The predicted molar refractivity (Wildman–Crippen MR) is 80.4 cm³/mol. The summed E-state index contributed by atoms with van der Waals surface area (Å²) in [6.07, 6.45) is 2.15. The highest BCUT2D eigenvalue weighted by Crippen LogP contribution is 2.41. The van der Waals surface area contributed by atoms with Crippen molar-refractivity contribution in [2.75, 3.05) is 7.11 Å². The predicted octanol–water partition coefficient (Wildman–Crippen LogP) is 3.73. The second kappa shape index (κ2) is 5.12. The van der Waals surface area contributed by atoms with Gasteiger partial charge in [0.15, 0.2) is 0 Å². The van der Waals surface area contributed by atoms with Gasteiger partial charge in [-0.15, -0.1) is 0 Å². The van der Waals surface area contributed by atoms with Crippen molar-refractivity contribution in [3.05, 3.63) is 64.2 Å². The minimum atomic E-state index is -0.852. The molecule has 0 fully saturated rings. The highest BCUT2D eigenvalue weighted by molar-refractivity contribution is 6.31. The summed E-state index contributed by atoms with van der Waals surface area (Å²) in [5.41, 5.74) is 2.29. The van der Waals surface area contributed by atoms with Crippen LogP contribution in [0.3, 0.4) is 0 Å². The highest BCUT2D eigenvalue weighted by Gasteiger charge is 2.37. The summed E-state index contributed by atoms with van der Waals surface area (Å²) >= 11 is 6.21. The monoisotopic (exact) mass is 288 g/mol. The zero-order valence-electron chi connectivity index (χ0n) is 11.4. The van der Waals surface area contributed by atoms with E-state index in [9.17, 15) is 5.11 Å². The van der Waals surface area contributed by atoms with Crippen LogP contribution in [0.15, 0.2) is 42.5 Å². The lowest BCUT2D eigenvalue weighted by Crippen LogP contribution is -2.25. The fourth-order valence-corrected chi connectivity index (χ4v) is 3.15. The summed E-state index contributed by atoms with van der Waals surface area (Å²) in [4.78, 5) is 0. The van der Waals surface area contributed by atoms with Crippen molar-refractivity contribution in [3.8, 4) is 5.75 Å². The van der Waals surface area contributed by atoms with E-state index >= 15 is 0 Å². The number of ether oxygens (including phenoxy) is 1. The van der Waals surface area contributed by atoms with Crippen molar-refractivity contribution in [2.24, 2.45) is 0 Å². The molecule has 3 rings (SSSR count). The Bertz CT molecular complexity index is 639. The number of aryl methyl sites for hydroxylation is 1. The van der Waals surface area contributed by atoms with Crippen LogP contribution < -0.4 is 4.74 Å². The zero-order chi connectivity index (χ0) is 14.2. The van der Waals surface area contributed by atoms with Gasteiger partial charge in [-0.3, -0.25) is 0 Å². The SMILES string of the molecule is COc1ccc2c(c1)C(O)(Cc1ccccc1Cl)CC2. The van der Waals surface area contributed by atoms with Crippen LogP contribution in [0, 0.1) is 0 Å². The third-order valence-electron chi connectivity index (χ3n) is 4.07. The molecule has 1 aliphatic carbocycles. The van der Waals surface area contributed by atoms with E-state index in [0.29, 0.717) is 11.4 Å².